The summed E-state index contributed by atoms with van der Waals surface area (Å²) in [4.78, 5) is 0. The van der Waals surface area contributed by atoms with Gasteiger partial charge >= 0.3 is 0 Å². The topological polar surface area (TPSA) is 20.2 Å². The van der Waals surface area contributed by atoms with Gasteiger partial charge in [0, 0.05) is 0 Å². The monoisotopic (exact) mass is 618 g/mol. The Morgan fingerprint density at radius 2 is 1.09 bits per heavy atom. The number of rotatable bonds is 4. The van der Waals surface area contributed by atoms with Gasteiger partial charge in [0.15, 0.2) is 0 Å². The van der Waals surface area contributed by atoms with E-state index in [-0.39, 0.29) is 0 Å². The van der Waals surface area contributed by atoms with E-state index < -0.39 is 0 Å². The van der Waals surface area contributed by atoms with Crippen LogP contribution in [0.1, 0.15) is 146 Å². The number of hydrogen-bond acceptors (Lipinski definition) is 1. The van der Waals surface area contributed by atoms with Crippen LogP contribution in [0.5, 0.6) is 5.75 Å². The van der Waals surface area contributed by atoms with Crippen molar-refractivity contribution in [2.45, 2.75) is 124 Å². The summed E-state index contributed by atoms with van der Waals surface area (Å²) in [6, 6.07) is 35.9. The van der Waals surface area contributed by atoms with E-state index in [0.717, 1.165) is 29.2 Å². The minimum atomic E-state index is 0.377. The molecule has 0 aliphatic heterocycles. The molecule has 2 aliphatic rings. The maximum atomic E-state index is 9.28. The highest BCUT2D eigenvalue weighted by Crippen LogP contribution is 2.45. The Hall–Kier alpha value is -3.32. The Bertz CT molecular complexity index is 1440. The largest absolute Gasteiger partial charge is 0.508 e. The van der Waals surface area contributed by atoms with Gasteiger partial charge in [-0.05, 0) is 106 Å². The summed E-state index contributed by atoms with van der Waals surface area (Å²) in [7, 11) is 0. The van der Waals surface area contributed by atoms with Crippen molar-refractivity contribution >= 4 is 0 Å². The predicted molar refractivity (Wildman–Crippen MR) is 201 cm³/mol. The SMILES string of the molecule is CC(C)C1CCC(C)(C)c2ccccc21.CC(C)C1CCc2ccccc21.CC(C)c1ccccc1.CC(C)c1ccccc1O. The third-order valence-corrected chi connectivity index (χ3v) is 9.98. The molecule has 0 spiro atoms. The minimum absolute atomic E-state index is 0.377. The Morgan fingerprint density at radius 3 is 1.63 bits per heavy atom. The zero-order valence-electron chi connectivity index (χ0n) is 30.6. The van der Waals surface area contributed by atoms with E-state index in [0.29, 0.717) is 23.0 Å². The summed E-state index contributed by atoms with van der Waals surface area (Å²) < 4.78 is 0. The van der Waals surface area contributed by atoms with Crippen LogP contribution in [0.3, 0.4) is 0 Å². The molecule has 1 N–H and O–H groups in total. The zero-order chi connectivity index (χ0) is 33.9. The Labute approximate surface area is 282 Å². The first-order chi connectivity index (χ1) is 21.8. The highest BCUT2D eigenvalue weighted by atomic mass is 16.3. The Morgan fingerprint density at radius 1 is 0.565 bits per heavy atom. The molecule has 0 radical (unpaired) electrons. The molecule has 2 unspecified atom stereocenters. The van der Waals surface area contributed by atoms with Gasteiger partial charge in [0.25, 0.3) is 0 Å². The van der Waals surface area contributed by atoms with E-state index in [1.54, 1.807) is 28.3 Å². The molecule has 1 heteroatoms. The maximum absolute atomic E-state index is 9.28. The summed E-state index contributed by atoms with van der Waals surface area (Å²) in [5.74, 6) is 4.62. The van der Waals surface area contributed by atoms with Gasteiger partial charge in [-0.15, -0.1) is 0 Å². The van der Waals surface area contributed by atoms with Crippen LogP contribution in [0.25, 0.3) is 0 Å². The molecule has 0 fully saturated rings. The van der Waals surface area contributed by atoms with Crippen LogP contribution in [0.15, 0.2) is 103 Å². The average Bonchev–Trinajstić information content (AvgIpc) is 3.47. The van der Waals surface area contributed by atoms with E-state index in [2.05, 4.69) is 142 Å². The van der Waals surface area contributed by atoms with E-state index in [1.165, 1.54) is 31.2 Å². The molecule has 0 saturated heterocycles. The first kappa shape index (κ1) is 37.1. The first-order valence-corrected chi connectivity index (χ1v) is 17.8. The van der Waals surface area contributed by atoms with Crippen LogP contribution in [0.2, 0.25) is 0 Å². The number of hydrogen-bond donors (Lipinski definition) is 1. The van der Waals surface area contributed by atoms with Crippen LogP contribution in [-0.4, -0.2) is 5.11 Å². The zero-order valence-corrected chi connectivity index (χ0v) is 30.6. The van der Waals surface area contributed by atoms with Crippen molar-refractivity contribution in [2.24, 2.45) is 11.8 Å². The summed E-state index contributed by atoms with van der Waals surface area (Å²) in [5.41, 5.74) is 9.17. The summed E-state index contributed by atoms with van der Waals surface area (Å²) >= 11 is 0. The molecule has 248 valence electrons. The fourth-order valence-electron chi connectivity index (χ4n) is 7.03. The van der Waals surface area contributed by atoms with Crippen LogP contribution < -0.4 is 0 Å². The predicted octanol–water partition coefficient (Wildman–Crippen LogP) is 13.2. The molecule has 1 nitrogen and oxygen atoms in total. The molecular formula is C45H62O. The molecule has 0 amide bonds. The van der Waals surface area contributed by atoms with Crippen molar-refractivity contribution in [1.82, 2.24) is 0 Å². The van der Waals surface area contributed by atoms with Gasteiger partial charge in [-0.25, -0.2) is 0 Å². The van der Waals surface area contributed by atoms with Gasteiger partial charge in [-0.1, -0.05) is 166 Å². The molecule has 0 aromatic heterocycles. The van der Waals surface area contributed by atoms with Crippen molar-refractivity contribution < 1.29 is 5.11 Å². The molecule has 0 heterocycles. The molecule has 0 saturated carbocycles. The van der Waals surface area contributed by atoms with Crippen LogP contribution in [-0.2, 0) is 11.8 Å². The third-order valence-electron chi connectivity index (χ3n) is 9.98. The average molecular weight is 619 g/mol. The lowest BCUT2D eigenvalue weighted by molar-refractivity contribution is 0.346. The molecule has 4 aromatic carbocycles. The third kappa shape index (κ3) is 10.3. The second-order valence-electron chi connectivity index (χ2n) is 15.2. The van der Waals surface area contributed by atoms with Gasteiger partial charge in [0.2, 0.25) is 0 Å². The van der Waals surface area contributed by atoms with Gasteiger partial charge in [-0.3, -0.25) is 0 Å². The molecule has 6 rings (SSSR count). The fourth-order valence-corrected chi connectivity index (χ4v) is 7.03. The number of phenols is 1. The number of aromatic hydroxyl groups is 1. The van der Waals surface area contributed by atoms with Crippen molar-refractivity contribution in [2.75, 3.05) is 0 Å². The Kier molecular flexibility index (Phi) is 14.2. The van der Waals surface area contributed by atoms with Gasteiger partial charge in [-0.2, -0.15) is 0 Å². The fraction of sp³-hybridized carbons (Fsp3) is 0.467. The highest BCUT2D eigenvalue weighted by Gasteiger charge is 2.33. The van der Waals surface area contributed by atoms with Crippen LogP contribution in [0.4, 0.5) is 0 Å². The van der Waals surface area contributed by atoms with E-state index in [1.807, 2.05) is 24.3 Å². The quantitative estimate of drug-likeness (QED) is 0.241. The molecule has 4 aromatic rings. The van der Waals surface area contributed by atoms with Gasteiger partial charge in [0.1, 0.15) is 5.75 Å². The number of benzene rings is 4. The van der Waals surface area contributed by atoms with Crippen LogP contribution in [0, 0.1) is 11.8 Å². The summed E-state index contributed by atoms with van der Waals surface area (Å²) in [5, 5.41) is 9.28. The minimum Gasteiger partial charge on any atom is -0.508 e. The standard InChI is InChI=1S/C15H22.C12H16.C9H12O.C9H12/c1-11(2)12-9-10-15(3,4)14-8-6-5-7-13(12)14;1-9(2)11-8-7-10-5-3-4-6-12(10)11;1-7(2)8-5-3-4-6-9(8)10;1-8(2)9-6-4-3-5-7-9/h5-8,11-12H,9-10H2,1-4H3;3-6,9,11H,7-8H2,1-2H3;3-7,10H,1-2H3;3-8H,1-2H3. The number of phenolic OH excluding ortho intramolecular Hbond substituents is 1. The number of para-hydroxylation sites is 1. The lowest BCUT2D eigenvalue weighted by atomic mass is 9.66. The van der Waals surface area contributed by atoms with Crippen molar-refractivity contribution in [3.63, 3.8) is 0 Å². The molecular weight excluding hydrogens is 556 g/mol. The van der Waals surface area contributed by atoms with Crippen molar-refractivity contribution in [1.29, 1.82) is 0 Å². The lowest BCUT2D eigenvalue weighted by Crippen LogP contribution is -2.27. The van der Waals surface area contributed by atoms with Gasteiger partial charge < -0.3 is 5.11 Å². The lowest BCUT2D eigenvalue weighted by Gasteiger charge is -2.38. The maximum Gasteiger partial charge on any atom is 0.119 e. The smallest absolute Gasteiger partial charge is 0.119 e. The van der Waals surface area contributed by atoms with Crippen molar-refractivity contribution in [3.8, 4) is 5.75 Å². The van der Waals surface area contributed by atoms with Crippen LogP contribution >= 0.6 is 0 Å². The summed E-state index contributed by atoms with van der Waals surface area (Å²) in [6.45, 7) is 22.6. The first-order valence-electron chi connectivity index (χ1n) is 17.8. The van der Waals surface area contributed by atoms with Crippen molar-refractivity contribution in [3.05, 3.63) is 137 Å². The normalized spacial score (nSPS) is 17.6. The van der Waals surface area contributed by atoms with E-state index in [9.17, 15) is 5.11 Å². The molecule has 2 atom stereocenters. The van der Waals surface area contributed by atoms with E-state index in [4.69, 9.17) is 0 Å². The second kappa shape index (κ2) is 17.6. The highest BCUT2D eigenvalue weighted by molar-refractivity contribution is 5.39. The molecule has 0 bridgehead atoms. The number of aryl methyl sites for hydroxylation is 1. The number of fused-ring (bicyclic) bond motifs is 2. The second-order valence-corrected chi connectivity index (χ2v) is 15.2. The van der Waals surface area contributed by atoms with E-state index >= 15 is 0 Å². The summed E-state index contributed by atoms with van der Waals surface area (Å²) in [6.07, 6.45) is 5.32. The molecule has 2 aliphatic carbocycles. The Balaban J connectivity index is 0.000000170. The molecule has 46 heavy (non-hydrogen) atoms. The van der Waals surface area contributed by atoms with Gasteiger partial charge in [0.05, 0.1) is 0 Å².